The highest BCUT2D eigenvalue weighted by Gasteiger charge is 2.38. The Bertz CT molecular complexity index is 695. The molecule has 1 heterocycles. The summed E-state index contributed by atoms with van der Waals surface area (Å²) < 4.78 is 23.1. The average molecular weight is 311 g/mol. The van der Waals surface area contributed by atoms with Gasteiger partial charge in [0, 0.05) is 12.1 Å². The minimum absolute atomic E-state index is 0.0922. The van der Waals surface area contributed by atoms with Gasteiger partial charge in [0.1, 0.15) is 6.04 Å². The van der Waals surface area contributed by atoms with Crippen LogP contribution in [0.15, 0.2) is 18.2 Å². The Hall–Kier alpha value is -1.89. The predicted molar refractivity (Wildman–Crippen MR) is 77.0 cm³/mol. The monoisotopic (exact) mass is 311 g/mol. The molecule has 6 nitrogen and oxygen atoms in total. The van der Waals surface area contributed by atoms with Crippen LogP contribution in [-0.4, -0.2) is 54.4 Å². The molecule has 7 heteroatoms. The Morgan fingerprint density at radius 2 is 1.90 bits per heavy atom. The number of carbonyl (C=O) groups is 2. The molecule has 114 valence electrons. The van der Waals surface area contributed by atoms with Crippen molar-refractivity contribution in [1.82, 2.24) is 4.90 Å². The molecular weight excluding hydrogens is 294 g/mol. The number of benzene rings is 1. The zero-order valence-electron chi connectivity index (χ0n) is 11.9. The van der Waals surface area contributed by atoms with E-state index >= 15 is 0 Å². The van der Waals surface area contributed by atoms with Crippen LogP contribution in [0, 0.1) is 13.8 Å². The summed E-state index contributed by atoms with van der Waals surface area (Å²) in [6.07, 6.45) is 0. The van der Waals surface area contributed by atoms with Crippen LogP contribution in [0.25, 0.3) is 0 Å². The molecule has 1 aliphatic rings. The third-order valence-electron chi connectivity index (χ3n) is 3.73. The third-order valence-corrected chi connectivity index (χ3v) is 5.36. The Labute approximate surface area is 123 Å². The number of hydrogen-bond donors (Lipinski definition) is 1. The van der Waals surface area contributed by atoms with E-state index in [0.29, 0.717) is 5.56 Å². The summed E-state index contributed by atoms with van der Waals surface area (Å²) in [4.78, 5) is 24.8. The second kappa shape index (κ2) is 5.48. The first-order valence-corrected chi connectivity index (χ1v) is 8.35. The van der Waals surface area contributed by atoms with Crippen LogP contribution in [0.5, 0.6) is 0 Å². The molecule has 0 aliphatic carbocycles. The minimum atomic E-state index is -3.42. The first-order valence-electron chi connectivity index (χ1n) is 6.53. The van der Waals surface area contributed by atoms with E-state index in [4.69, 9.17) is 0 Å². The molecule has 1 N–H and O–H groups in total. The SMILES string of the molecule is Cc1ccc(C(=O)N2CCS(=O)(=O)C[C@H]2C(=O)O)cc1C. The molecule has 0 bridgehead atoms. The van der Waals surface area contributed by atoms with Crippen LogP contribution in [0.3, 0.4) is 0 Å². The first kappa shape index (κ1) is 15.5. The molecule has 1 fully saturated rings. The van der Waals surface area contributed by atoms with Gasteiger partial charge in [0.15, 0.2) is 9.84 Å². The molecule has 2 rings (SSSR count). The lowest BCUT2D eigenvalue weighted by molar-refractivity contribution is -0.141. The van der Waals surface area contributed by atoms with Gasteiger partial charge in [0.05, 0.1) is 11.5 Å². The second-order valence-electron chi connectivity index (χ2n) is 5.27. The maximum absolute atomic E-state index is 12.5. The molecule has 1 aromatic rings. The number of carbonyl (C=O) groups excluding carboxylic acids is 1. The van der Waals surface area contributed by atoms with Gasteiger partial charge < -0.3 is 10.0 Å². The van der Waals surface area contributed by atoms with E-state index in [2.05, 4.69) is 0 Å². The van der Waals surface area contributed by atoms with Crippen molar-refractivity contribution in [2.75, 3.05) is 18.1 Å². The number of nitrogens with zero attached hydrogens (tertiary/aromatic N) is 1. The maximum Gasteiger partial charge on any atom is 0.327 e. The molecule has 21 heavy (non-hydrogen) atoms. The van der Waals surface area contributed by atoms with Gasteiger partial charge in [0.2, 0.25) is 0 Å². The molecule has 0 saturated carbocycles. The Morgan fingerprint density at radius 1 is 1.24 bits per heavy atom. The van der Waals surface area contributed by atoms with E-state index in [1.165, 1.54) is 0 Å². The molecule has 0 radical (unpaired) electrons. The van der Waals surface area contributed by atoms with E-state index < -0.39 is 33.5 Å². The Balaban J connectivity index is 2.32. The molecule has 0 spiro atoms. The van der Waals surface area contributed by atoms with E-state index in [9.17, 15) is 23.1 Å². The van der Waals surface area contributed by atoms with E-state index in [1.807, 2.05) is 13.8 Å². The standard InChI is InChI=1S/C14H17NO5S/c1-9-3-4-11(7-10(9)2)13(16)15-5-6-21(19,20)8-12(15)14(17)18/h3-4,7,12H,5-6,8H2,1-2H3,(H,17,18)/t12-/m0/s1. The van der Waals surface area contributed by atoms with Crippen molar-refractivity contribution < 1.29 is 23.1 Å². The number of carboxylic acids is 1. The number of hydrogen-bond acceptors (Lipinski definition) is 4. The summed E-state index contributed by atoms with van der Waals surface area (Å²) >= 11 is 0. The first-order chi connectivity index (χ1) is 9.71. The van der Waals surface area contributed by atoms with E-state index in [0.717, 1.165) is 16.0 Å². The van der Waals surface area contributed by atoms with Gasteiger partial charge in [-0.05, 0) is 37.1 Å². The smallest absolute Gasteiger partial charge is 0.327 e. The summed E-state index contributed by atoms with van der Waals surface area (Å²) in [7, 11) is -3.42. The van der Waals surface area contributed by atoms with Crippen LogP contribution in [0.1, 0.15) is 21.5 Å². The highest BCUT2D eigenvalue weighted by Crippen LogP contribution is 2.18. The zero-order valence-corrected chi connectivity index (χ0v) is 12.7. The molecular formula is C14H17NO5S. The lowest BCUT2D eigenvalue weighted by atomic mass is 10.0. The Kier molecular flexibility index (Phi) is 4.04. The molecule has 1 amide bonds. The number of aryl methyl sites for hydroxylation is 2. The predicted octanol–water partition coefficient (Wildman–Crippen LogP) is 0.627. The fourth-order valence-corrected chi connectivity index (χ4v) is 3.74. The molecule has 1 atom stereocenters. The van der Waals surface area contributed by atoms with Crippen LogP contribution in [0.2, 0.25) is 0 Å². The number of carboxylic acid groups (broad SMARTS) is 1. The number of aliphatic carboxylic acids is 1. The summed E-state index contributed by atoms with van der Waals surface area (Å²) in [6.45, 7) is 3.68. The lowest BCUT2D eigenvalue weighted by Crippen LogP contribution is -2.54. The summed E-state index contributed by atoms with van der Waals surface area (Å²) in [6, 6.07) is 3.80. The van der Waals surface area contributed by atoms with Crippen molar-refractivity contribution in [2.45, 2.75) is 19.9 Å². The zero-order chi connectivity index (χ0) is 15.8. The highest BCUT2D eigenvalue weighted by atomic mass is 32.2. The van der Waals surface area contributed by atoms with Crippen molar-refractivity contribution >= 4 is 21.7 Å². The molecule has 1 aromatic carbocycles. The van der Waals surface area contributed by atoms with Gasteiger partial charge in [-0.25, -0.2) is 13.2 Å². The number of sulfone groups is 1. The maximum atomic E-state index is 12.5. The van der Waals surface area contributed by atoms with Gasteiger partial charge in [0.25, 0.3) is 5.91 Å². The summed E-state index contributed by atoms with van der Waals surface area (Å²) in [5, 5.41) is 9.18. The summed E-state index contributed by atoms with van der Waals surface area (Å²) in [5.74, 6) is -2.47. The fourth-order valence-electron chi connectivity index (χ4n) is 2.30. The fraction of sp³-hybridized carbons (Fsp3) is 0.429. The van der Waals surface area contributed by atoms with Crippen molar-refractivity contribution in [1.29, 1.82) is 0 Å². The third kappa shape index (κ3) is 3.24. The highest BCUT2D eigenvalue weighted by molar-refractivity contribution is 7.91. The van der Waals surface area contributed by atoms with Crippen LogP contribution >= 0.6 is 0 Å². The molecule has 1 aliphatic heterocycles. The number of rotatable bonds is 2. The minimum Gasteiger partial charge on any atom is -0.480 e. The van der Waals surface area contributed by atoms with Crippen molar-refractivity contribution in [3.63, 3.8) is 0 Å². The topological polar surface area (TPSA) is 91.8 Å². The molecule has 0 unspecified atom stereocenters. The van der Waals surface area contributed by atoms with Gasteiger partial charge in [-0.3, -0.25) is 4.79 Å². The molecule has 1 saturated heterocycles. The van der Waals surface area contributed by atoms with Gasteiger partial charge in [-0.2, -0.15) is 0 Å². The Morgan fingerprint density at radius 3 is 2.48 bits per heavy atom. The lowest BCUT2D eigenvalue weighted by Gasteiger charge is -2.32. The van der Waals surface area contributed by atoms with Crippen LogP contribution in [0.4, 0.5) is 0 Å². The second-order valence-corrected chi connectivity index (χ2v) is 7.49. The normalized spacial score (nSPS) is 21.0. The van der Waals surface area contributed by atoms with Crippen molar-refractivity contribution in [2.24, 2.45) is 0 Å². The molecule has 0 aromatic heterocycles. The van der Waals surface area contributed by atoms with E-state index in [1.54, 1.807) is 18.2 Å². The van der Waals surface area contributed by atoms with Crippen molar-refractivity contribution in [3.05, 3.63) is 34.9 Å². The van der Waals surface area contributed by atoms with Gasteiger partial charge in [-0.1, -0.05) is 6.07 Å². The van der Waals surface area contributed by atoms with E-state index in [-0.39, 0.29) is 12.3 Å². The average Bonchev–Trinajstić information content (AvgIpc) is 2.40. The number of amides is 1. The quantitative estimate of drug-likeness (QED) is 0.865. The van der Waals surface area contributed by atoms with Crippen LogP contribution in [-0.2, 0) is 14.6 Å². The van der Waals surface area contributed by atoms with Gasteiger partial charge >= 0.3 is 5.97 Å². The van der Waals surface area contributed by atoms with Gasteiger partial charge in [-0.15, -0.1) is 0 Å². The summed E-state index contributed by atoms with van der Waals surface area (Å²) in [5.41, 5.74) is 2.34. The van der Waals surface area contributed by atoms with Crippen molar-refractivity contribution in [3.8, 4) is 0 Å². The van der Waals surface area contributed by atoms with Crippen LogP contribution < -0.4 is 0 Å². The largest absolute Gasteiger partial charge is 0.480 e.